The summed E-state index contributed by atoms with van der Waals surface area (Å²) in [5.74, 6) is -0.410. The second kappa shape index (κ2) is 7.60. The van der Waals surface area contributed by atoms with Crippen molar-refractivity contribution in [2.45, 2.75) is 25.3 Å². The van der Waals surface area contributed by atoms with Crippen LogP contribution in [0.2, 0.25) is 0 Å². The van der Waals surface area contributed by atoms with E-state index >= 15 is 0 Å². The van der Waals surface area contributed by atoms with Gasteiger partial charge in [-0.15, -0.1) is 0 Å². The molecule has 94 valence electrons. The highest BCUT2D eigenvalue weighted by Crippen LogP contribution is 2.13. The topological polar surface area (TPSA) is 67.6 Å². The molecule has 5 nitrogen and oxygen atoms in total. The van der Waals surface area contributed by atoms with E-state index in [1.54, 1.807) is 0 Å². The molecular formula is C11H23N3O2. The molecule has 1 aliphatic rings. The number of hydrogen-bond donors (Lipinski definition) is 2. The molecule has 0 spiro atoms. The monoisotopic (exact) mass is 229 g/mol. The van der Waals surface area contributed by atoms with Crippen LogP contribution in [0.5, 0.6) is 0 Å². The Bertz CT molecular complexity index is 211. The Kier molecular flexibility index (Phi) is 6.37. The third-order valence-corrected chi connectivity index (χ3v) is 2.97. The predicted molar refractivity (Wildman–Crippen MR) is 63.2 cm³/mol. The molecule has 1 unspecified atom stereocenters. The summed E-state index contributed by atoms with van der Waals surface area (Å²) in [4.78, 5) is 12.8. The van der Waals surface area contributed by atoms with E-state index in [1.165, 1.54) is 25.8 Å². The summed E-state index contributed by atoms with van der Waals surface area (Å²) in [7, 11) is 2.18. The molecule has 0 aromatic carbocycles. The van der Waals surface area contributed by atoms with Crippen molar-refractivity contribution in [2.24, 2.45) is 5.73 Å². The largest absolute Gasteiger partial charge is 0.370 e. The number of rotatable bonds is 7. The van der Waals surface area contributed by atoms with Crippen LogP contribution in [0.25, 0.3) is 0 Å². The van der Waals surface area contributed by atoms with Gasteiger partial charge >= 0.3 is 0 Å². The SMILES string of the molecule is CN1CCCCC1CNCCOCC(N)=O. The van der Waals surface area contributed by atoms with Gasteiger partial charge in [-0.05, 0) is 26.4 Å². The van der Waals surface area contributed by atoms with Crippen LogP contribution in [0, 0.1) is 0 Å². The highest BCUT2D eigenvalue weighted by molar-refractivity contribution is 5.74. The molecule has 1 rings (SSSR count). The molecule has 1 amide bonds. The molecule has 1 saturated heterocycles. The lowest BCUT2D eigenvalue weighted by atomic mass is 10.0. The number of likely N-dealkylation sites (N-methyl/N-ethyl adjacent to an activating group) is 1. The summed E-state index contributed by atoms with van der Waals surface area (Å²) in [5.41, 5.74) is 4.95. The fraction of sp³-hybridized carbons (Fsp3) is 0.909. The molecule has 0 bridgehead atoms. The second-order valence-corrected chi connectivity index (χ2v) is 4.35. The first kappa shape index (κ1) is 13.4. The molecule has 1 aliphatic heterocycles. The second-order valence-electron chi connectivity index (χ2n) is 4.35. The smallest absolute Gasteiger partial charge is 0.243 e. The van der Waals surface area contributed by atoms with E-state index in [-0.39, 0.29) is 6.61 Å². The number of nitrogens with one attached hydrogen (secondary N) is 1. The number of amides is 1. The van der Waals surface area contributed by atoms with Gasteiger partial charge in [0.05, 0.1) is 6.61 Å². The van der Waals surface area contributed by atoms with Gasteiger partial charge in [0.25, 0.3) is 0 Å². The molecule has 5 heteroatoms. The molecule has 0 aromatic rings. The lowest BCUT2D eigenvalue weighted by Gasteiger charge is -2.32. The van der Waals surface area contributed by atoms with Crippen LogP contribution in [0.4, 0.5) is 0 Å². The Balaban J connectivity index is 1.95. The number of ether oxygens (including phenoxy) is 1. The van der Waals surface area contributed by atoms with Crippen molar-refractivity contribution >= 4 is 5.91 Å². The Hall–Kier alpha value is -0.650. The van der Waals surface area contributed by atoms with Crippen molar-refractivity contribution in [3.05, 3.63) is 0 Å². The van der Waals surface area contributed by atoms with Crippen molar-refractivity contribution in [3.63, 3.8) is 0 Å². The molecule has 1 heterocycles. The van der Waals surface area contributed by atoms with Gasteiger partial charge in [-0.1, -0.05) is 6.42 Å². The quantitative estimate of drug-likeness (QED) is 0.581. The van der Waals surface area contributed by atoms with Crippen molar-refractivity contribution in [1.29, 1.82) is 0 Å². The maximum Gasteiger partial charge on any atom is 0.243 e. The van der Waals surface area contributed by atoms with Crippen LogP contribution in [-0.4, -0.2) is 56.7 Å². The number of piperidine rings is 1. The first-order chi connectivity index (χ1) is 7.70. The molecular weight excluding hydrogens is 206 g/mol. The van der Waals surface area contributed by atoms with Gasteiger partial charge in [0.2, 0.25) is 5.91 Å². The maximum atomic E-state index is 10.4. The van der Waals surface area contributed by atoms with E-state index in [2.05, 4.69) is 17.3 Å². The fourth-order valence-electron chi connectivity index (χ4n) is 1.99. The summed E-state index contributed by atoms with van der Waals surface area (Å²) >= 11 is 0. The summed E-state index contributed by atoms with van der Waals surface area (Å²) < 4.78 is 5.06. The number of primary amides is 1. The zero-order chi connectivity index (χ0) is 11.8. The lowest BCUT2D eigenvalue weighted by molar-refractivity contribution is -0.122. The third kappa shape index (κ3) is 5.44. The molecule has 0 aliphatic carbocycles. The van der Waals surface area contributed by atoms with Gasteiger partial charge in [-0.2, -0.15) is 0 Å². The summed E-state index contributed by atoms with van der Waals surface area (Å²) in [6.45, 7) is 3.53. The van der Waals surface area contributed by atoms with Crippen LogP contribution in [0.15, 0.2) is 0 Å². The van der Waals surface area contributed by atoms with E-state index in [0.29, 0.717) is 12.6 Å². The molecule has 0 saturated carbocycles. The first-order valence-corrected chi connectivity index (χ1v) is 5.97. The highest BCUT2D eigenvalue weighted by atomic mass is 16.5. The molecule has 16 heavy (non-hydrogen) atoms. The Morgan fingerprint density at radius 2 is 2.38 bits per heavy atom. The number of nitrogens with two attached hydrogens (primary N) is 1. The van der Waals surface area contributed by atoms with Crippen LogP contribution in [0.3, 0.4) is 0 Å². The molecule has 0 radical (unpaired) electrons. The van der Waals surface area contributed by atoms with E-state index in [0.717, 1.165) is 13.1 Å². The van der Waals surface area contributed by atoms with Gasteiger partial charge in [0.15, 0.2) is 0 Å². The number of carbonyl (C=O) groups is 1. The lowest BCUT2D eigenvalue weighted by Crippen LogP contribution is -2.43. The summed E-state index contributed by atoms with van der Waals surface area (Å²) in [5, 5.41) is 3.34. The van der Waals surface area contributed by atoms with Gasteiger partial charge in [-0.3, -0.25) is 4.79 Å². The molecule has 1 atom stereocenters. The van der Waals surface area contributed by atoms with Gasteiger partial charge in [0, 0.05) is 19.1 Å². The fourth-order valence-corrected chi connectivity index (χ4v) is 1.99. The predicted octanol–water partition coefficient (Wildman–Crippen LogP) is -0.438. The minimum absolute atomic E-state index is 0.0189. The number of hydrogen-bond acceptors (Lipinski definition) is 4. The van der Waals surface area contributed by atoms with Gasteiger partial charge in [0.1, 0.15) is 6.61 Å². The van der Waals surface area contributed by atoms with Crippen LogP contribution in [-0.2, 0) is 9.53 Å². The zero-order valence-electron chi connectivity index (χ0n) is 10.1. The first-order valence-electron chi connectivity index (χ1n) is 5.97. The Morgan fingerprint density at radius 3 is 3.06 bits per heavy atom. The third-order valence-electron chi connectivity index (χ3n) is 2.97. The molecule has 0 aromatic heterocycles. The molecule has 1 fully saturated rings. The van der Waals surface area contributed by atoms with E-state index in [1.807, 2.05) is 0 Å². The minimum Gasteiger partial charge on any atom is -0.370 e. The van der Waals surface area contributed by atoms with Crippen LogP contribution < -0.4 is 11.1 Å². The normalized spacial score (nSPS) is 22.2. The van der Waals surface area contributed by atoms with Crippen molar-refractivity contribution in [2.75, 3.05) is 39.9 Å². The average Bonchev–Trinajstić information content (AvgIpc) is 2.25. The standard InChI is InChI=1S/C11H23N3O2/c1-14-6-3-2-4-10(14)8-13-5-7-16-9-11(12)15/h10,13H,2-9H2,1H3,(H2,12,15). The van der Waals surface area contributed by atoms with Crippen LogP contribution in [0.1, 0.15) is 19.3 Å². The van der Waals surface area contributed by atoms with Gasteiger partial charge < -0.3 is 20.7 Å². The van der Waals surface area contributed by atoms with E-state index in [9.17, 15) is 4.79 Å². The zero-order valence-corrected chi connectivity index (χ0v) is 10.1. The Morgan fingerprint density at radius 1 is 1.56 bits per heavy atom. The highest BCUT2D eigenvalue weighted by Gasteiger charge is 2.17. The van der Waals surface area contributed by atoms with Crippen molar-refractivity contribution in [1.82, 2.24) is 10.2 Å². The average molecular weight is 229 g/mol. The molecule has 3 N–H and O–H groups in total. The van der Waals surface area contributed by atoms with E-state index in [4.69, 9.17) is 10.5 Å². The number of carbonyl (C=O) groups excluding carboxylic acids is 1. The number of nitrogens with zero attached hydrogens (tertiary/aromatic N) is 1. The van der Waals surface area contributed by atoms with Crippen LogP contribution >= 0.6 is 0 Å². The number of likely N-dealkylation sites (tertiary alicyclic amines) is 1. The van der Waals surface area contributed by atoms with Crippen molar-refractivity contribution in [3.8, 4) is 0 Å². The van der Waals surface area contributed by atoms with E-state index < -0.39 is 5.91 Å². The summed E-state index contributed by atoms with van der Waals surface area (Å²) in [6.07, 6.45) is 3.91. The summed E-state index contributed by atoms with van der Waals surface area (Å²) in [6, 6.07) is 0.643. The van der Waals surface area contributed by atoms with Crippen molar-refractivity contribution < 1.29 is 9.53 Å². The maximum absolute atomic E-state index is 10.4. The minimum atomic E-state index is -0.410. The Labute approximate surface area is 97.3 Å². The van der Waals surface area contributed by atoms with Gasteiger partial charge in [-0.25, -0.2) is 0 Å².